The molecule has 1 aromatic rings. The van der Waals surface area contributed by atoms with Crippen LogP contribution in [0.1, 0.15) is 49.8 Å². The molecule has 0 saturated heterocycles. The maximum absolute atomic E-state index is 6.22. The number of unbranched alkanes of at least 4 members (excludes halogenated alkanes) is 2. The summed E-state index contributed by atoms with van der Waals surface area (Å²) in [5, 5.41) is 0. The Morgan fingerprint density at radius 2 is 1.78 bits per heavy atom. The maximum atomic E-state index is 6.22. The number of benzene rings is 1. The molecule has 0 heterocycles. The van der Waals surface area contributed by atoms with Gasteiger partial charge >= 0.3 is 0 Å². The molecule has 2 nitrogen and oxygen atoms in total. The van der Waals surface area contributed by atoms with Crippen LogP contribution in [0.5, 0.6) is 0 Å². The Hall–Kier alpha value is -0.860. The largest absolute Gasteiger partial charge is 0.324 e. The topological polar surface area (TPSA) is 29.3 Å². The molecule has 0 aliphatic carbocycles. The van der Waals surface area contributed by atoms with Crippen molar-refractivity contribution in [2.45, 2.75) is 45.6 Å². The van der Waals surface area contributed by atoms with Gasteiger partial charge < -0.3 is 10.6 Å². The third kappa shape index (κ3) is 5.65. The van der Waals surface area contributed by atoms with Gasteiger partial charge in [0.25, 0.3) is 0 Å². The number of rotatable bonds is 8. The Balaban J connectivity index is 2.27. The van der Waals surface area contributed by atoms with Crippen molar-refractivity contribution in [1.82, 2.24) is 4.90 Å². The van der Waals surface area contributed by atoms with Gasteiger partial charge in [0.15, 0.2) is 0 Å². The Labute approximate surface area is 112 Å². The monoisotopic (exact) mass is 248 g/mol. The third-order valence-corrected chi connectivity index (χ3v) is 3.47. The lowest BCUT2D eigenvalue weighted by Crippen LogP contribution is -2.24. The quantitative estimate of drug-likeness (QED) is 0.713. The fourth-order valence-corrected chi connectivity index (χ4v) is 2.08. The molecule has 0 radical (unpaired) electrons. The second-order valence-electron chi connectivity index (χ2n) is 5.32. The molecule has 18 heavy (non-hydrogen) atoms. The van der Waals surface area contributed by atoms with Crippen molar-refractivity contribution < 1.29 is 0 Å². The van der Waals surface area contributed by atoms with E-state index in [0.717, 1.165) is 13.0 Å². The molecule has 1 rings (SSSR count). The van der Waals surface area contributed by atoms with Crippen LogP contribution in [0, 0.1) is 6.92 Å². The van der Waals surface area contributed by atoms with Crippen molar-refractivity contribution in [1.29, 1.82) is 0 Å². The van der Waals surface area contributed by atoms with Crippen LogP contribution >= 0.6 is 0 Å². The van der Waals surface area contributed by atoms with Gasteiger partial charge in [0, 0.05) is 6.04 Å². The van der Waals surface area contributed by atoms with Gasteiger partial charge in [0.05, 0.1) is 0 Å². The van der Waals surface area contributed by atoms with E-state index in [9.17, 15) is 0 Å². The predicted molar refractivity (Wildman–Crippen MR) is 79.7 cm³/mol. The molecule has 0 spiro atoms. The predicted octanol–water partition coefficient (Wildman–Crippen LogP) is 3.51. The molecule has 0 saturated carbocycles. The molecule has 2 N–H and O–H groups in total. The second kappa shape index (κ2) is 8.28. The summed E-state index contributed by atoms with van der Waals surface area (Å²) < 4.78 is 0. The number of aryl methyl sites for hydroxylation is 1. The van der Waals surface area contributed by atoms with E-state index < -0.39 is 0 Å². The summed E-state index contributed by atoms with van der Waals surface area (Å²) >= 11 is 0. The fraction of sp³-hybridized carbons (Fsp3) is 0.625. The Morgan fingerprint density at radius 3 is 2.39 bits per heavy atom. The highest BCUT2D eigenvalue weighted by Gasteiger charge is 2.07. The summed E-state index contributed by atoms with van der Waals surface area (Å²) in [5.74, 6) is 0. The zero-order chi connectivity index (χ0) is 13.4. The van der Waals surface area contributed by atoms with Crippen LogP contribution in [0.2, 0.25) is 0 Å². The van der Waals surface area contributed by atoms with Gasteiger partial charge in [-0.1, -0.05) is 49.6 Å². The molecule has 2 heteroatoms. The van der Waals surface area contributed by atoms with Crippen LogP contribution in [0.25, 0.3) is 0 Å². The highest BCUT2D eigenvalue weighted by molar-refractivity contribution is 5.23. The molecule has 1 unspecified atom stereocenters. The molecule has 1 atom stereocenters. The van der Waals surface area contributed by atoms with Crippen molar-refractivity contribution in [2.75, 3.05) is 20.1 Å². The van der Waals surface area contributed by atoms with Gasteiger partial charge in [0.1, 0.15) is 0 Å². The Morgan fingerprint density at radius 1 is 1.11 bits per heavy atom. The minimum Gasteiger partial charge on any atom is -0.324 e. The van der Waals surface area contributed by atoms with E-state index in [1.165, 1.54) is 36.9 Å². The first-order valence-corrected chi connectivity index (χ1v) is 7.14. The molecule has 102 valence electrons. The second-order valence-corrected chi connectivity index (χ2v) is 5.32. The third-order valence-electron chi connectivity index (χ3n) is 3.47. The average Bonchev–Trinajstić information content (AvgIpc) is 2.37. The summed E-state index contributed by atoms with van der Waals surface area (Å²) in [4.78, 5) is 2.39. The summed E-state index contributed by atoms with van der Waals surface area (Å²) in [5.41, 5.74) is 8.77. The zero-order valence-corrected chi connectivity index (χ0v) is 12.2. The molecular weight excluding hydrogens is 220 g/mol. The molecular formula is C16H28N2. The maximum Gasteiger partial charge on any atom is 0.0307 e. The van der Waals surface area contributed by atoms with E-state index in [0.29, 0.717) is 0 Å². The fourth-order valence-electron chi connectivity index (χ4n) is 2.08. The summed E-state index contributed by atoms with van der Waals surface area (Å²) in [6.07, 6.45) is 4.95. The van der Waals surface area contributed by atoms with Gasteiger partial charge in [-0.25, -0.2) is 0 Å². The molecule has 0 aliphatic rings. The van der Waals surface area contributed by atoms with E-state index >= 15 is 0 Å². The van der Waals surface area contributed by atoms with Crippen molar-refractivity contribution >= 4 is 0 Å². The molecule has 0 fully saturated rings. The van der Waals surface area contributed by atoms with Crippen LogP contribution in [-0.2, 0) is 0 Å². The lowest BCUT2D eigenvalue weighted by molar-refractivity contribution is 0.311. The minimum atomic E-state index is 0.166. The average molecular weight is 248 g/mol. The molecule has 1 aromatic carbocycles. The van der Waals surface area contributed by atoms with E-state index in [1.807, 2.05) is 0 Å². The van der Waals surface area contributed by atoms with Crippen LogP contribution in [0.3, 0.4) is 0 Å². The first-order valence-electron chi connectivity index (χ1n) is 7.14. The van der Waals surface area contributed by atoms with Crippen LogP contribution in [0.4, 0.5) is 0 Å². The molecule has 0 bridgehead atoms. The molecule has 0 amide bonds. The summed E-state index contributed by atoms with van der Waals surface area (Å²) in [6, 6.07) is 8.74. The minimum absolute atomic E-state index is 0.166. The van der Waals surface area contributed by atoms with E-state index in [-0.39, 0.29) is 6.04 Å². The van der Waals surface area contributed by atoms with Crippen LogP contribution < -0.4 is 5.73 Å². The standard InChI is InChI=1S/C16H28N2/c1-4-5-6-12-18(3)13-11-16(17)15-9-7-14(2)8-10-15/h7-10,16H,4-6,11-13,17H2,1-3H3. The number of nitrogens with zero attached hydrogens (tertiary/aromatic N) is 1. The number of hydrogen-bond acceptors (Lipinski definition) is 2. The van der Waals surface area contributed by atoms with E-state index in [2.05, 4.69) is 50.1 Å². The van der Waals surface area contributed by atoms with Gasteiger partial charge in [-0.15, -0.1) is 0 Å². The van der Waals surface area contributed by atoms with Gasteiger partial charge in [-0.3, -0.25) is 0 Å². The highest BCUT2D eigenvalue weighted by atomic mass is 15.1. The van der Waals surface area contributed by atoms with Gasteiger partial charge in [-0.2, -0.15) is 0 Å². The van der Waals surface area contributed by atoms with E-state index in [1.54, 1.807) is 0 Å². The SMILES string of the molecule is CCCCCN(C)CCC(N)c1ccc(C)cc1. The van der Waals surface area contributed by atoms with E-state index in [4.69, 9.17) is 5.73 Å². The zero-order valence-electron chi connectivity index (χ0n) is 12.2. The molecule has 0 aromatic heterocycles. The Kier molecular flexibility index (Phi) is 6.99. The van der Waals surface area contributed by atoms with Crippen molar-refractivity contribution in [3.05, 3.63) is 35.4 Å². The van der Waals surface area contributed by atoms with Crippen LogP contribution in [-0.4, -0.2) is 25.0 Å². The summed E-state index contributed by atoms with van der Waals surface area (Å²) in [6.45, 7) is 6.62. The van der Waals surface area contributed by atoms with Crippen LogP contribution in [0.15, 0.2) is 24.3 Å². The first kappa shape index (κ1) is 15.2. The lowest BCUT2D eigenvalue weighted by Gasteiger charge is -2.19. The lowest BCUT2D eigenvalue weighted by atomic mass is 10.0. The van der Waals surface area contributed by atoms with Crippen molar-refractivity contribution in [3.8, 4) is 0 Å². The first-order chi connectivity index (χ1) is 8.63. The van der Waals surface area contributed by atoms with Gasteiger partial charge in [0.2, 0.25) is 0 Å². The van der Waals surface area contributed by atoms with Crippen molar-refractivity contribution in [3.63, 3.8) is 0 Å². The number of nitrogens with two attached hydrogens (primary N) is 1. The molecule has 0 aliphatic heterocycles. The number of hydrogen-bond donors (Lipinski definition) is 1. The summed E-state index contributed by atoms with van der Waals surface area (Å²) in [7, 11) is 2.19. The van der Waals surface area contributed by atoms with Gasteiger partial charge in [-0.05, 0) is 45.5 Å². The van der Waals surface area contributed by atoms with Crippen molar-refractivity contribution in [2.24, 2.45) is 5.73 Å². The highest BCUT2D eigenvalue weighted by Crippen LogP contribution is 2.15. The smallest absolute Gasteiger partial charge is 0.0307 e. The normalized spacial score (nSPS) is 12.9. The Bertz CT molecular complexity index is 318.